The van der Waals surface area contributed by atoms with Crippen LogP contribution in [0.3, 0.4) is 0 Å². The highest BCUT2D eigenvalue weighted by molar-refractivity contribution is 5.84. The van der Waals surface area contributed by atoms with Crippen LogP contribution in [0.25, 0.3) is 0 Å². The highest BCUT2D eigenvalue weighted by Gasteiger charge is 2.33. The van der Waals surface area contributed by atoms with Crippen molar-refractivity contribution in [3.05, 3.63) is 0 Å². The maximum atomic E-state index is 12.0. The molecule has 0 spiro atoms. The molecule has 0 aliphatic heterocycles. The zero-order chi connectivity index (χ0) is 15.0. The Kier molecular flexibility index (Phi) is 8.39. The lowest BCUT2D eigenvalue weighted by Gasteiger charge is -2.24. The molecule has 19 heavy (non-hydrogen) atoms. The average molecular weight is 272 g/mol. The molecule has 112 valence electrons. The van der Waals surface area contributed by atoms with E-state index in [-0.39, 0.29) is 11.8 Å². The molecule has 0 radical (unpaired) electrons. The first-order valence-electron chi connectivity index (χ1n) is 6.96. The standard InChI is InChI=1S/C14H28N2O3/c1-6-10(2)12(14(18)19)11(3)13(17)15-8-7-9-16(4)5/h10-12H,6-9H2,1-5H3,(H,15,17)(H,18,19). The van der Waals surface area contributed by atoms with Crippen molar-refractivity contribution >= 4 is 11.9 Å². The summed E-state index contributed by atoms with van der Waals surface area (Å²) >= 11 is 0. The minimum Gasteiger partial charge on any atom is -0.481 e. The van der Waals surface area contributed by atoms with Gasteiger partial charge in [0.15, 0.2) is 0 Å². The summed E-state index contributed by atoms with van der Waals surface area (Å²) in [5.41, 5.74) is 0. The Morgan fingerprint density at radius 1 is 1.26 bits per heavy atom. The second-order valence-electron chi connectivity index (χ2n) is 5.49. The number of carbonyl (C=O) groups excluding carboxylic acids is 1. The van der Waals surface area contributed by atoms with Gasteiger partial charge in [0.2, 0.25) is 5.91 Å². The smallest absolute Gasteiger partial charge is 0.307 e. The zero-order valence-corrected chi connectivity index (χ0v) is 12.8. The second-order valence-corrected chi connectivity index (χ2v) is 5.49. The van der Waals surface area contributed by atoms with Gasteiger partial charge in [0, 0.05) is 12.5 Å². The van der Waals surface area contributed by atoms with Gasteiger partial charge in [-0.3, -0.25) is 9.59 Å². The Bertz CT molecular complexity index is 292. The van der Waals surface area contributed by atoms with Gasteiger partial charge in [-0.05, 0) is 33.0 Å². The van der Waals surface area contributed by atoms with Gasteiger partial charge < -0.3 is 15.3 Å². The van der Waals surface area contributed by atoms with Crippen molar-refractivity contribution in [1.29, 1.82) is 0 Å². The first-order valence-corrected chi connectivity index (χ1v) is 6.96. The summed E-state index contributed by atoms with van der Waals surface area (Å²) in [7, 11) is 3.96. The Hall–Kier alpha value is -1.10. The maximum absolute atomic E-state index is 12.0. The number of aliphatic carboxylic acids is 1. The van der Waals surface area contributed by atoms with Crippen LogP contribution in [-0.2, 0) is 9.59 Å². The number of carboxylic acids is 1. The zero-order valence-electron chi connectivity index (χ0n) is 12.8. The predicted octanol–water partition coefficient (Wildman–Crippen LogP) is 1.44. The van der Waals surface area contributed by atoms with Gasteiger partial charge in [0.25, 0.3) is 0 Å². The van der Waals surface area contributed by atoms with E-state index >= 15 is 0 Å². The number of carbonyl (C=O) groups is 2. The van der Waals surface area contributed by atoms with Crippen molar-refractivity contribution in [2.24, 2.45) is 17.8 Å². The molecule has 2 N–H and O–H groups in total. The highest BCUT2D eigenvalue weighted by Crippen LogP contribution is 2.24. The Labute approximate surface area is 116 Å². The normalized spacial score (nSPS) is 15.9. The van der Waals surface area contributed by atoms with Crippen LogP contribution < -0.4 is 5.32 Å². The van der Waals surface area contributed by atoms with Gasteiger partial charge in [-0.1, -0.05) is 27.2 Å². The molecule has 0 aliphatic carbocycles. The largest absolute Gasteiger partial charge is 0.481 e. The van der Waals surface area contributed by atoms with Crippen LogP contribution in [-0.4, -0.2) is 49.1 Å². The molecular formula is C14H28N2O3. The van der Waals surface area contributed by atoms with Crippen molar-refractivity contribution in [1.82, 2.24) is 10.2 Å². The van der Waals surface area contributed by atoms with E-state index in [4.69, 9.17) is 0 Å². The summed E-state index contributed by atoms with van der Waals surface area (Å²) in [5, 5.41) is 12.1. The molecule has 1 amide bonds. The SMILES string of the molecule is CCC(C)C(C(=O)O)C(C)C(=O)NCCCN(C)C. The van der Waals surface area contributed by atoms with Crippen molar-refractivity contribution in [3.63, 3.8) is 0 Å². The number of nitrogens with zero attached hydrogens (tertiary/aromatic N) is 1. The first-order chi connectivity index (χ1) is 8.81. The van der Waals surface area contributed by atoms with E-state index in [0.717, 1.165) is 19.4 Å². The summed E-state index contributed by atoms with van der Waals surface area (Å²) in [5.74, 6) is -2.15. The number of hydrogen-bond acceptors (Lipinski definition) is 3. The molecule has 5 nitrogen and oxygen atoms in total. The van der Waals surface area contributed by atoms with Crippen LogP contribution in [0.4, 0.5) is 0 Å². The van der Waals surface area contributed by atoms with Gasteiger partial charge in [-0.15, -0.1) is 0 Å². The van der Waals surface area contributed by atoms with Crippen LogP contribution in [0, 0.1) is 17.8 Å². The van der Waals surface area contributed by atoms with Gasteiger partial charge in [-0.25, -0.2) is 0 Å². The van der Waals surface area contributed by atoms with Crippen molar-refractivity contribution in [2.45, 2.75) is 33.6 Å². The molecule has 0 saturated carbocycles. The fourth-order valence-corrected chi connectivity index (χ4v) is 2.13. The van der Waals surface area contributed by atoms with Crippen LogP contribution in [0.2, 0.25) is 0 Å². The minimum absolute atomic E-state index is 0.0000233. The van der Waals surface area contributed by atoms with Crippen molar-refractivity contribution < 1.29 is 14.7 Å². The molecule has 0 fully saturated rings. The van der Waals surface area contributed by atoms with E-state index in [1.165, 1.54) is 0 Å². The fraction of sp³-hybridized carbons (Fsp3) is 0.857. The number of hydrogen-bond donors (Lipinski definition) is 2. The molecule has 3 unspecified atom stereocenters. The van der Waals surface area contributed by atoms with Gasteiger partial charge in [0.1, 0.15) is 0 Å². The summed E-state index contributed by atoms with van der Waals surface area (Å²) in [6.07, 6.45) is 1.63. The third kappa shape index (κ3) is 6.57. The minimum atomic E-state index is -0.884. The quantitative estimate of drug-likeness (QED) is 0.623. The highest BCUT2D eigenvalue weighted by atomic mass is 16.4. The average Bonchev–Trinajstić information content (AvgIpc) is 2.33. The number of carboxylic acid groups (broad SMARTS) is 1. The van der Waals surface area contributed by atoms with Crippen LogP contribution in [0.5, 0.6) is 0 Å². The topological polar surface area (TPSA) is 69.6 Å². The Balaban J connectivity index is 4.31. The summed E-state index contributed by atoms with van der Waals surface area (Å²) < 4.78 is 0. The predicted molar refractivity (Wildman–Crippen MR) is 75.9 cm³/mol. The molecule has 0 aliphatic rings. The molecular weight excluding hydrogens is 244 g/mol. The Morgan fingerprint density at radius 3 is 2.26 bits per heavy atom. The first kappa shape index (κ1) is 17.9. The summed E-state index contributed by atoms with van der Waals surface area (Å²) in [4.78, 5) is 25.3. The molecule has 0 rings (SSSR count). The van der Waals surface area contributed by atoms with Crippen molar-refractivity contribution in [3.8, 4) is 0 Å². The van der Waals surface area contributed by atoms with Crippen LogP contribution in [0.15, 0.2) is 0 Å². The molecule has 0 aromatic carbocycles. The fourth-order valence-electron chi connectivity index (χ4n) is 2.13. The van der Waals surface area contributed by atoms with E-state index < -0.39 is 17.8 Å². The molecule has 0 bridgehead atoms. The van der Waals surface area contributed by atoms with E-state index in [1.807, 2.05) is 27.9 Å². The molecule has 0 aromatic rings. The van der Waals surface area contributed by atoms with Gasteiger partial charge >= 0.3 is 5.97 Å². The molecule has 0 saturated heterocycles. The third-order valence-electron chi connectivity index (χ3n) is 3.58. The molecule has 3 atom stereocenters. The summed E-state index contributed by atoms with van der Waals surface area (Å²) in [6.45, 7) is 7.03. The lowest BCUT2D eigenvalue weighted by Crippen LogP contribution is -2.39. The molecule has 0 heterocycles. The lowest BCUT2D eigenvalue weighted by molar-refractivity contribution is -0.149. The second kappa shape index (κ2) is 8.91. The summed E-state index contributed by atoms with van der Waals surface area (Å²) in [6, 6.07) is 0. The van der Waals surface area contributed by atoms with E-state index in [9.17, 15) is 14.7 Å². The molecule has 5 heteroatoms. The monoisotopic (exact) mass is 272 g/mol. The van der Waals surface area contributed by atoms with Crippen LogP contribution >= 0.6 is 0 Å². The van der Waals surface area contributed by atoms with E-state index in [0.29, 0.717) is 6.54 Å². The maximum Gasteiger partial charge on any atom is 0.307 e. The number of amides is 1. The number of rotatable bonds is 9. The van der Waals surface area contributed by atoms with E-state index in [1.54, 1.807) is 6.92 Å². The Morgan fingerprint density at radius 2 is 1.84 bits per heavy atom. The van der Waals surface area contributed by atoms with Crippen molar-refractivity contribution in [2.75, 3.05) is 27.2 Å². The molecule has 0 aromatic heterocycles. The van der Waals surface area contributed by atoms with E-state index in [2.05, 4.69) is 10.2 Å². The third-order valence-corrected chi connectivity index (χ3v) is 3.58. The van der Waals surface area contributed by atoms with Crippen LogP contribution in [0.1, 0.15) is 33.6 Å². The number of nitrogens with one attached hydrogen (secondary N) is 1. The van der Waals surface area contributed by atoms with Gasteiger partial charge in [-0.2, -0.15) is 0 Å². The lowest BCUT2D eigenvalue weighted by atomic mass is 9.81. The van der Waals surface area contributed by atoms with Gasteiger partial charge in [0.05, 0.1) is 5.92 Å².